The summed E-state index contributed by atoms with van der Waals surface area (Å²) >= 11 is 0. The van der Waals surface area contributed by atoms with Gasteiger partial charge in [-0.05, 0) is 95.9 Å². The number of halogens is 1. The Labute approximate surface area is 482 Å². The maximum atomic E-state index is 13.7. The fourth-order valence-electron chi connectivity index (χ4n) is 11.1. The molecule has 2 unspecified atom stereocenters. The predicted molar refractivity (Wildman–Crippen MR) is 307 cm³/mol. The first kappa shape index (κ1) is 74.2. The third kappa shape index (κ3) is 23.4. The van der Waals surface area contributed by atoms with E-state index in [1.807, 2.05) is 46.6 Å². The monoisotopic (exact) mass is 1150 g/mol. The Hall–Kier alpha value is -4.81. The minimum atomic E-state index is -1.23. The second-order valence-corrected chi connectivity index (χ2v) is 21.9. The number of hydrogen-bond donors (Lipinski definition) is 7. The van der Waals surface area contributed by atoms with Crippen molar-refractivity contribution in [3.63, 3.8) is 0 Å². The molecule has 0 radical (unpaired) electrons. The number of oxime groups is 1. The van der Waals surface area contributed by atoms with Crippen LogP contribution in [0.5, 0.6) is 0 Å². The van der Waals surface area contributed by atoms with Gasteiger partial charge in [-0.15, -0.1) is 25.7 Å². The predicted octanol–water partition coefficient (Wildman–Crippen LogP) is 6.74. The first-order valence-corrected chi connectivity index (χ1v) is 28.0. The molecule has 19 nitrogen and oxygen atoms in total. The molecule has 5 rings (SSSR count). The van der Waals surface area contributed by atoms with Gasteiger partial charge in [-0.2, -0.15) is 0 Å². The van der Waals surface area contributed by atoms with E-state index in [9.17, 15) is 34.5 Å². The highest BCUT2D eigenvalue weighted by Crippen LogP contribution is 2.38. The lowest BCUT2D eigenvalue weighted by atomic mass is 9.76. The Kier molecular flexibility index (Phi) is 34.9. The Morgan fingerprint density at radius 3 is 2.07 bits per heavy atom. The van der Waals surface area contributed by atoms with Crippen molar-refractivity contribution in [3.8, 4) is 36.8 Å². The maximum absolute atomic E-state index is 13.7. The highest BCUT2D eigenvalue weighted by Gasteiger charge is 2.43. The zero-order valence-electron chi connectivity index (χ0n) is 50.7. The van der Waals surface area contributed by atoms with E-state index in [4.69, 9.17) is 43.5 Å². The molecule has 3 aliphatic heterocycles. The Morgan fingerprint density at radius 2 is 1.53 bits per heavy atom. The van der Waals surface area contributed by atoms with Gasteiger partial charge in [0.2, 0.25) is 18.9 Å². The van der Waals surface area contributed by atoms with Gasteiger partial charge in [0.05, 0.1) is 53.3 Å². The molecule has 0 bridgehead atoms. The summed E-state index contributed by atoms with van der Waals surface area (Å²) in [5.41, 5.74) is 2.41. The third-order valence-electron chi connectivity index (χ3n) is 15.5. The van der Waals surface area contributed by atoms with Crippen molar-refractivity contribution in [2.24, 2.45) is 40.7 Å². The first-order valence-electron chi connectivity index (χ1n) is 28.0. The van der Waals surface area contributed by atoms with Crippen LogP contribution in [0.1, 0.15) is 138 Å². The second-order valence-electron chi connectivity index (χ2n) is 21.9. The third-order valence-corrected chi connectivity index (χ3v) is 15.5. The zero-order chi connectivity index (χ0) is 61.7. The van der Waals surface area contributed by atoms with Crippen LogP contribution in [0, 0.1) is 61.2 Å². The smallest absolute Gasteiger partial charge is 0.311 e. The minimum absolute atomic E-state index is 0.0136. The molecule has 3 saturated heterocycles. The molecule has 7 N–H and O–H groups in total. The van der Waals surface area contributed by atoms with Crippen molar-refractivity contribution < 1.29 is 82.7 Å². The average molecular weight is 1150 g/mol. The van der Waals surface area contributed by atoms with Gasteiger partial charge in [0.15, 0.2) is 12.6 Å². The van der Waals surface area contributed by atoms with Crippen molar-refractivity contribution in [2.45, 2.75) is 194 Å². The number of cyclic esters (lactones) is 1. The van der Waals surface area contributed by atoms with Crippen molar-refractivity contribution in [1.82, 2.24) is 10.2 Å². The molecule has 1 aromatic carbocycles. The topological polar surface area (TPSA) is 252 Å². The zero-order valence-corrected chi connectivity index (χ0v) is 50.7. The fraction of sp³-hybridized carbons (Fsp3) is 0.705. The number of aliphatic hydroxyl groups excluding tert-OH is 5. The number of ether oxygens (including phenoxy) is 6. The molecular formula is C61H100FN4O15+. The number of rotatable bonds is 17. The van der Waals surface area contributed by atoms with Crippen LogP contribution < -0.4 is 10.0 Å². The molecule has 0 spiro atoms. The number of pyridine rings is 1. The Bertz CT molecular complexity index is 2140. The number of carbonyl (C=O) groups is 2. The molecule has 81 heavy (non-hydrogen) atoms. The molecule has 2 aromatic rings. The molecule has 4 heterocycles. The summed E-state index contributed by atoms with van der Waals surface area (Å²) in [6.07, 6.45) is 18.4. The molecule has 3 fully saturated rings. The first-order chi connectivity index (χ1) is 38.5. The van der Waals surface area contributed by atoms with Gasteiger partial charge in [-0.3, -0.25) is 14.8 Å². The quantitative estimate of drug-likeness (QED) is 0.0165. The Morgan fingerprint density at radius 1 is 0.914 bits per heavy atom. The molecule has 1 amide bonds. The minimum Gasteiger partial charge on any atom is -0.462 e. The molecule has 1 aromatic heterocycles. The summed E-state index contributed by atoms with van der Waals surface area (Å²) in [6.45, 7) is 19.4. The van der Waals surface area contributed by atoms with Crippen LogP contribution in [0.15, 0.2) is 47.8 Å². The molecule has 17 atom stereocenters. The number of aliphatic hydroxyl groups is 5. The number of alkyl halides is 1. The number of aromatic nitrogens is 1. The lowest BCUT2D eigenvalue weighted by Gasteiger charge is -2.41. The van der Waals surface area contributed by atoms with E-state index in [1.165, 1.54) is 6.20 Å². The number of hydrogen-bond acceptors (Lipinski definition) is 17. The van der Waals surface area contributed by atoms with Crippen molar-refractivity contribution in [2.75, 3.05) is 48.4 Å². The lowest BCUT2D eigenvalue weighted by Crippen LogP contribution is -2.47. The lowest BCUT2D eigenvalue weighted by molar-refractivity contribution is -0.910. The van der Waals surface area contributed by atoms with Crippen molar-refractivity contribution >= 4 is 17.6 Å². The molecular weight excluding hydrogens is 1050 g/mol. The molecule has 0 aliphatic carbocycles. The number of carbonyl (C=O) groups excluding carboxylic acids is 2. The molecule has 0 saturated carbocycles. The average Bonchev–Trinajstić information content (AvgIpc) is 3.46. The Balaban J connectivity index is 0.000000746. The van der Waals surface area contributed by atoms with Crippen molar-refractivity contribution in [3.05, 3.63) is 53.9 Å². The maximum Gasteiger partial charge on any atom is 0.311 e. The van der Waals surface area contributed by atoms with E-state index in [2.05, 4.69) is 70.8 Å². The standard InChI is InChI=1S/C31H57NO8.C25H34FN3O6.2C2H2.CH4O/c1-12-25-22(6)28(33)23(7)27(32-37-17-35-10)19(3)15-31(9,36-11)16-20(4)29(24(8)30(34)39-25)40-26-14-18(2)13-21(5)38-26;1-16-11-21(12-24(32)35-16)28(2)10-9-23(31)27-22(13-26)25(33)18-5-3-17(4-6-18)19-7-8-20(15-30)29(34)14-19;3*1-2/h18-26,28-29,33H,12-17H2,1-11H3;3-8,14,16,21-22,24-25,30,32-33H,9-13,15H2,1-2H3,(H-,27,31,34);2*1-2H;2H,1H3/p+1/b32-27-;;;;/t18-,19-,20-,21+,22+,23+,24-,25-,26+,28+,29+,31-;16-,21?,22-,24-,25?;;;/m11.../s1. The summed E-state index contributed by atoms with van der Waals surface area (Å²) in [5.74, 6) is -1.50. The number of esters is 1. The molecule has 3 aliphatic rings. The SMILES string of the molecule is C#C.C#C.CC[C@H]1OC(=O)[C@H](C)[C@@H](O[C@H]2C[C@H](C)C[C@H](C)O2)[C@H](C)C[C@](C)(OC)C[C@@H](C)/C(=N/OCOC)[C@H](C)[C@@H](O)[C@H]1C.CO.C[C@@H]1CC(N(C)CCC(=O)N[C@H](CF)C(O)c2ccc(-c3ccc(CO)[n+](O)c3)cc2)C[C@H](O)O1. The summed E-state index contributed by atoms with van der Waals surface area (Å²) in [4.78, 5) is 33.5. The van der Waals surface area contributed by atoms with E-state index in [1.54, 1.807) is 50.6 Å². The molecule has 460 valence electrons. The molecule has 20 heteroatoms. The van der Waals surface area contributed by atoms with Crippen LogP contribution in [-0.4, -0.2) is 162 Å². The highest BCUT2D eigenvalue weighted by molar-refractivity contribution is 5.88. The van der Waals surface area contributed by atoms with Gasteiger partial charge in [-0.25, -0.2) is 4.39 Å². The van der Waals surface area contributed by atoms with E-state index in [-0.39, 0.29) is 79.9 Å². The number of benzene rings is 1. The normalized spacial score (nSPS) is 31.2. The van der Waals surface area contributed by atoms with Crippen LogP contribution in [0.4, 0.5) is 4.39 Å². The van der Waals surface area contributed by atoms with Gasteiger partial charge >= 0.3 is 5.97 Å². The summed E-state index contributed by atoms with van der Waals surface area (Å²) in [7, 11) is 6.13. The summed E-state index contributed by atoms with van der Waals surface area (Å²) < 4.78 is 49.9. The van der Waals surface area contributed by atoms with E-state index in [0.717, 1.165) is 42.4 Å². The van der Waals surface area contributed by atoms with Gasteiger partial charge in [-0.1, -0.05) is 71.0 Å². The van der Waals surface area contributed by atoms with E-state index in [0.29, 0.717) is 55.0 Å². The summed E-state index contributed by atoms with van der Waals surface area (Å²) in [5, 5.41) is 65.0. The van der Waals surface area contributed by atoms with Gasteiger partial charge in [0.1, 0.15) is 25.5 Å². The number of methoxy groups -OCH3 is 2. The number of amides is 1. The largest absolute Gasteiger partial charge is 0.462 e. The number of terminal acetylenes is 2. The summed E-state index contributed by atoms with van der Waals surface area (Å²) in [6, 6.07) is 9.06. The number of nitrogens with zero attached hydrogens (tertiary/aromatic N) is 3. The van der Waals surface area contributed by atoms with Crippen LogP contribution in [0.25, 0.3) is 11.1 Å². The second kappa shape index (κ2) is 38.1. The number of nitrogens with one attached hydrogen (secondary N) is 1. The van der Waals surface area contributed by atoms with E-state index < -0.39 is 54.9 Å². The van der Waals surface area contributed by atoms with Gasteiger partial charge in [0, 0.05) is 81.7 Å². The van der Waals surface area contributed by atoms with Crippen LogP contribution in [0.2, 0.25) is 0 Å². The fourth-order valence-corrected chi connectivity index (χ4v) is 11.1. The van der Waals surface area contributed by atoms with Crippen LogP contribution in [-0.2, 0) is 49.5 Å². The van der Waals surface area contributed by atoms with Crippen molar-refractivity contribution in [1.29, 1.82) is 0 Å². The highest BCUT2D eigenvalue weighted by atomic mass is 19.1. The van der Waals surface area contributed by atoms with E-state index >= 15 is 0 Å². The van der Waals surface area contributed by atoms with Crippen LogP contribution >= 0.6 is 0 Å². The van der Waals surface area contributed by atoms with Crippen LogP contribution in [0.3, 0.4) is 0 Å². The van der Waals surface area contributed by atoms with Gasteiger partial charge < -0.3 is 69.0 Å². The van der Waals surface area contributed by atoms with Gasteiger partial charge in [0.25, 0.3) is 5.69 Å².